The smallest absolute Gasteiger partial charge is 0.415 e. The number of rotatable bonds is 2. The van der Waals surface area contributed by atoms with E-state index in [0.29, 0.717) is 17.0 Å². The van der Waals surface area contributed by atoms with E-state index in [1.54, 1.807) is 4.90 Å². The predicted octanol–water partition coefficient (Wildman–Crippen LogP) is 6.11. The van der Waals surface area contributed by atoms with Gasteiger partial charge in [0.1, 0.15) is 11.4 Å². The number of para-hydroxylation sites is 1. The molecule has 0 fully saturated rings. The van der Waals surface area contributed by atoms with E-state index in [1.165, 1.54) is 0 Å². The number of anilines is 1. The van der Waals surface area contributed by atoms with Crippen LogP contribution in [0.4, 0.5) is 10.5 Å². The summed E-state index contributed by atoms with van der Waals surface area (Å²) in [7, 11) is 0. The summed E-state index contributed by atoms with van der Waals surface area (Å²) in [6, 6.07) is 16.5. The third kappa shape index (κ3) is 4.73. The molecular weight excluding hydrogens is 378 g/mol. The molecule has 1 aliphatic rings. The number of hydrogen-bond acceptors (Lipinski definition) is 4. The second-order valence-electron chi connectivity index (χ2n) is 9.39. The number of nitrogens with zero attached hydrogens (tertiary/aromatic N) is 1. The Labute approximate surface area is 178 Å². The summed E-state index contributed by atoms with van der Waals surface area (Å²) in [4.78, 5) is 27.5. The van der Waals surface area contributed by atoms with Crippen molar-refractivity contribution >= 4 is 23.5 Å². The van der Waals surface area contributed by atoms with Gasteiger partial charge < -0.3 is 9.47 Å². The van der Waals surface area contributed by atoms with Gasteiger partial charge in [0.15, 0.2) is 0 Å². The van der Waals surface area contributed by atoms with Crippen LogP contribution in [-0.4, -0.2) is 17.7 Å². The minimum absolute atomic E-state index is 0.332. The second-order valence-corrected chi connectivity index (χ2v) is 9.39. The fourth-order valence-electron chi connectivity index (χ4n) is 3.11. The van der Waals surface area contributed by atoms with Gasteiger partial charge in [-0.25, -0.2) is 4.79 Å². The highest BCUT2D eigenvalue weighted by Gasteiger charge is 2.37. The Bertz CT molecular complexity index is 965. The van der Waals surface area contributed by atoms with E-state index >= 15 is 0 Å². The van der Waals surface area contributed by atoms with Gasteiger partial charge in [0, 0.05) is 5.56 Å². The number of carbonyl (C=O) groups is 2. The molecule has 1 aliphatic heterocycles. The van der Waals surface area contributed by atoms with Crippen molar-refractivity contribution in [3.63, 3.8) is 0 Å². The van der Waals surface area contributed by atoms with E-state index in [4.69, 9.17) is 9.47 Å². The summed E-state index contributed by atoms with van der Waals surface area (Å²) in [6.07, 6.45) is 1.35. The maximum Gasteiger partial charge on any atom is 0.415 e. The molecule has 0 bridgehead atoms. The summed E-state index contributed by atoms with van der Waals surface area (Å²) in [6.45, 7) is 10.9. The highest BCUT2D eigenvalue weighted by molar-refractivity contribution is 5.97. The first-order valence-corrected chi connectivity index (χ1v) is 10.1. The number of hydrogen-bond donors (Lipinski definition) is 0. The Morgan fingerprint density at radius 3 is 2.07 bits per heavy atom. The molecule has 0 aliphatic carbocycles. The minimum Gasteiger partial charge on any atom is -0.443 e. The number of carbonyl (C=O) groups excluding carboxylic acids is 2. The lowest BCUT2D eigenvalue weighted by atomic mass is 9.95. The third-order valence-corrected chi connectivity index (χ3v) is 4.56. The highest BCUT2D eigenvalue weighted by Crippen LogP contribution is 2.42. The fraction of sp³-hybridized carbons (Fsp3) is 0.360. The van der Waals surface area contributed by atoms with Crippen molar-refractivity contribution in [3.05, 3.63) is 71.8 Å². The number of ether oxygens (including phenoxy) is 2. The Morgan fingerprint density at radius 2 is 1.47 bits per heavy atom. The third-order valence-electron chi connectivity index (χ3n) is 4.56. The van der Waals surface area contributed by atoms with Crippen LogP contribution in [0.2, 0.25) is 0 Å². The molecule has 1 amide bonds. The van der Waals surface area contributed by atoms with E-state index < -0.39 is 23.2 Å². The monoisotopic (exact) mass is 407 g/mol. The molecule has 30 heavy (non-hydrogen) atoms. The van der Waals surface area contributed by atoms with Crippen LogP contribution in [-0.2, 0) is 14.3 Å². The summed E-state index contributed by atoms with van der Waals surface area (Å²) in [5, 5.41) is 0. The molecular formula is C25H29NO4. The van der Waals surface area contributed by atoms with Crippen molar-refractivity contribution < 1.29 is 19.1 Å². The molecule has 1 atom stereocenters. The zero-order valence-corrected chi connectivity index (χ0v) is 18.4. The minimum atomic E-state index is -0.652. The molecule has 5 heteroatoms. The summed E-state index contributed by atoms with van der Waals surface area (Å²) < 4.78 is 11.5. The van der Waals surface area contributed by atoms with E-state index in [2.05, 4.69) is 0 Å². The van der Waals surface area contributed by atoms with E-state index in [9.17, 15) is 9.59 Å². The van der Waals surface area contributed by atoms with E-state index in [-0.39, 0.29) is 5.97 Å². The van der Waals surface area contributed by atoms with Crippen LogP contribution in [0, 0.1) is 5.41 Å². The molecule has 0 saturated carbocycles. The SMILES string of the molecule is CC(C)(C)OC(=O)N1c2ccccc2C(OC(=O)C(C)(C)C)=CC1c1ccccc1. The lowest BCUT2D eigenvalue weighted by Gasteiger charge is -2.37. The topological polar surface area (TPSA) is 55.8 Å². The normalized spacial score (nSPS) is 16.4. The van der Waals surface area contributed by atoms with Crippen LogP contribution in [0.25, 0.3) is 5.76 Å². The molecule has 2 aromatic carbocycles. The molecule has 0 spiro atoms. The summed E-state index contributed by atoms with van der Waals surface area (Å²) in [5.41, 5.74) is 0.908. The summed E-state index contributed by atoms with van der Waals surface area (Å²) in [5.74, 6) is 0.111. The lowest BCUT2D eigenvalue weighted by Crippen LogP contribution is -2.41. The molecule has 3 rings (SSSR count). The standard InChI is InChI=1S/C25H29NO4/c1-24(2,3)22(27)29-21-16-20(17-12-8-7-9-13-17)26(23(28)30-25(4,5)6)19-15-11-10-14-18(19)21/h7-16,20H,1-6H3. The first-order chi connectivity index (χ1) is 14.0. The predicted molar refractivity (Wildman–Crippen MR) is 118 cm³/mol. The van der Waals surface area contributed by atoms with Gasteiger partial charge in [0.05, 0.1) is 17.1 Å². The first kappa shape index (κ1) is 21.6. The number of amides is 1. The molecule has 0 saturated heterocycles. The van der Waals surface area contributed by atoms with Gasteiger partial charge in [0.2, 0.25) is 0 Å². The van der Waals surface area contributed by atoms with Crippen molar-refractivity contribution in [1.82, 2.24) is 0 Å². The van der Waals surface area contributed by atoms with Gasteiger partial charge in [-0.15, -0.1) is 0 Å². The van der Waals surface area contributed by atoms with Gasteiger partial charge in [-0.1, -0.05) is 42.5 Å². The lowest BCUT2D eigenvalue weighted by molar-refractivity contribution is -0.145. The Morgan fingerprint density at radius 1 is 0.867 bits per heavy atom. The second kappa shape index (κ2) is 7.98. The molecule has 0 radical (unpaired) electrons. The average Bonchev–Trinajstić information content (AvgIpc) is 2.66. The zero-order valence-electron chi connectivity index (χ0n) is 18.4. The number of esters is 1. The maximum atomic E-state index is 13.2. The first-order valence-electron chi connectivity index (χ1n) is 10.1. The Balaban J connectivity index is 2.13. The van der Waals surface area contributed by atoms with E-state index in [0.717, 1.165) is 5.56 Å². The van der Waals surface area contributed by atoms with Gasteiger partial charge in [-0.05, 0) is 65.3 Å². The zero-order chi connectivity index (χ0) is 22.1. The van der Waals surface area contributed by atoms with Crippen molar-refractivity contribution in [2.24, 2.45) is 5.41 Å². The molecule has 0 aromatic heterocycles. The van der Waals surface area contributed by atoms with Gasteiger partial charge in [0.25, 0.3) is 0 Å². The van der Waals surface area contributed by atoms with Crippen LogP contribution in [0.15, 0.2) is 60.7 Å². The number of benzene rings is 2. The van der Waals surface area contributed by atoms with Crippen LogP contribution in [0.3, 0.4) is 0 Å². The van der Waals surface area contributed by atoms with Crippen LogP contribution < -0.4 is 4.90 Å². The highest BCUT2D eigenvalue weighted by atomic mass is 16.6. The van der Waals surface area contributed by atoms with Crippen LogP contribution in [0.5, 0.6) is 0 Å². The molecule has 5 nitrogen and oxygen atoms in total. The van der Waals surface area contributed by atoms with Gasteiger partial charge >= 0.3 is 12.1 Å². The van der Waals surface area contributed by atoms with Gasteiger partial charge in [-0.3, -0.25) is 9.69 Å². The molecule has 0 N–H and O–H groups in total. The van der Waals surface area contributed by atoms with Crippen molar-refractivity contribution in [3.8, 4) is 0 Å². The quantitative estimate of drug-likeness (QED) is 0.563. The molecule has 1 heterocycles. The van der Waals surface area contributed by atoms with Crippen molar-refractivity contribution in [2.75, 3.05) is 4.90 Å². The van der Waals surface area contributed by atoms with Crippen molar-refractivity contribution in [2.45, 2.75) is 53.2 Å². The average molecular weight is 408 g/mol. The Hall–Kier alpha value is -3.08. The van der Waals surface area contributed by atoms with Crippen molar-refractivity contribution in [1.29, 1.82) is 0 Å². The van der Waals surface area contributed by atoms with Crippen LogP contribution in [0.1, 0.15) is 58.7 Å². The van der Waals surface area contributed by atoms with E-state index in [1.807, 2.05) is 102 Å². The van der Waals surface area contributed by atoms with Gasteiger partial charge in [-0.2, -0.15) is 0 Å². The maximum absolute atomic E-state index is 13.2. The summed E-state index contributed by atoms with van der Waals surface area (Å²) >= 11 is 0. The molecule has 1 unspecified atom stereocenters. The number of fused-ring (bicyclic) bond motifs is 1. The largest absolute Gasteiger partial charge is 0.443 e. The Kier molecular flexibility index (Phi) is 5.75. The fourth-order valence-corrected chi connectivity index (χ4v) is 3.11. The van der Waals surface area contributed by atoms with Crippen LogP contribution >= 0.6 is 0 Å². The molecule has 158 valence electrons. The molecule has 2 aromatic rings.